The van der Waals surface area contributed by atoms with Crippen molar-refractivity contribution in [3.63, 3.8) is 0 Å². The van der Waals surface area contributed by atoms with Crippen LogP contribution in [0, 0.1) is 6.92 Å². The summed E-state index contributed by atoms with van der Waals surface area (Å²) in [6.07, 6.45) is 3.34. The van der Waals surface area contributed by atoms with Crippen LogP contribution < -0.4 is 10.1 Å². The number of fused-ring (bicyclic) bond motifs is 1. The topological polar surface area (TPSA) is 69.0 Å². The second-order valence-corrected chi connectivity index (χ2v) is 9.56. The lowest BCUT2D eigenvalue weighted by atomic mass is 9.85. The van der Waals surface area contributed by atoms with Crippen LogP contribution in [0.2, 0.25) is 0 Å². The third-order valence-corrected chi connectivity index (χ3v) is 7.16. The first-order valence-electron chi connectivity index (χ1n) is 11.5. The Morgan fingerprint density at radius 3 is 2.91 bits per heavy atom. The predicted molar refractivity (Wildman–Crippen MR) is 131 cm³/mol. The van der Waals surface area contributed by atoms with Gasteiger partial charge >= 0.3 is 0 Å². The van der Waals surface area contributed by atoms with Crippen molar-refractivity contribution in [2.45, 2.75) is 57.3 Å². The summed E-state index contributed by atoms with van der Waals surface area (Å²) < 4.78 is 8.02. The highest BCUT2D eigenvalue weighted by Crippen LogP contribution is 2.41. The van der Waals surface area contributed by atoms with Gasteiger partial charge in [0.05, 0.1) is 0 Å². The molecule has 1 aromatic heterocycles. The Kier molecular flexibility index (Phi) is 6.22. The molecule has 6 nitrogen and oxygen atoms in total. The van der Waals surface area contributed by atoms with E-state index in [2.05, 4.69) is 31.3 Å². The number of benzene rings is 2. The van der Waals surface area contributed by atoms with E-state index in [4.69, 9.17) is 14.8 Å². The maximum Gasteiger partial charge on any atom is 0.227 e. The van der Waals surface area contributed by atoms with Gasteiger partial charge in [0.25, 0.3) is 0 Å². The van der Waals surface area contributed by atoms with Crippen molar-refractivity contribution >= 4 is 23.5 Å². The van der Waals surface area contributed by atoms with Crippen molar-refractivity contribution in [3.05, 3.63) is 76.5 Å². The van der Waals surface area contributed by atoms with Gasteiger partial charge in [0.2, 0.25) is 11.1 Å². The molecule has 1 atom stereocenters. The van der Waals surface area contributed by atoms with E-state index in [-0.39, 0.29) is 11.8 Å². The number of carbonyl (C=O) groups excluding carboxylic acids is 1. The van der Waals surface area contributed by atoms with Crippen LogP contribution in [0.4, 0.5) is 5.95 Å². The first kappa shape index (κ1) is 21.8. The molecule has 2 heterocycles. The first-order valence-corrected chi connectivity index (χ1v) is 12.5. The third-order valence-electron chi connectivity index (χ3n) is 6.11. The highest BCUT2D eigenvalue weighted by atomic mass is 32.2. The molecule has 0 amide bonds. The molecular weight excluding hydrogens is 432 g/mol. The molecule has 7 heteroatoms. The fourth-order valence-corrected chi connectivity index (χ4v) is 5.09. The van der Waals surface area contributed by atoms with Gasteiger partial charge in [-0.05, 0) is 55.0 Å². The monoisotopic (exact) mass is 460 g/mol. The second-order valence-electron chi connectivity index (χ2n) is 8.50. The lowest BCUT2D eigenvalue weighted by Crippen LogP contribution is -2.31. The van der Waals surface area contributed by atoms with Crippen LogP contribution in [0.5, 0.6) is 5.75 Å². The van der Waals surface area contributed by atoms with Crippen molar-refractivity contribution in [1.29, 1.82) is 0 Å². The molecule has 1 aliphatic carbocycles. The van der Waals surface area contributed by atoms with Gasteiger partial charge < -0.3 is 10.1 Å². The highest BCUT2D eigenvalue weighted by Gasteiger charge is 2.37. The zero-order valence-electron chi connectivity index (χ0n) is 19.0. The molecule has 170 valence electrons. The Bertz CT molecular complexity index is 1220. The summed E-state index contributed by atoms with van der Waals surface area (Å²) in [7, 11) is 0. The van der Waals surface area contributed by atoms with Crippen molar-refractivity contribution < 1.29 is 9.53 Å². The molecule has 33 heavy (non-hydrogen) atoms. The van der Waals surface area contributed by atoms with E-state index in [1.807, 2.05) is 41.1 Å². The summed E-state index contributed by atoms with van der Waals surface area (Å²) in [5, 5.41) is 8.92. The highest BCUT2D eigenvalue weighted by molar-refractivity contribution is 7.99. The molecule has 1 aliphatic heterocycles. The lowest BCUT2D eigenvalue weighted by Gasteiger charge is -2.32. The maximum atomic E-state index is 13.0. The van der Waals surface area contributed by atoms with E-state index in [0.717, 1.165) is 58.3 Å². The Labute approximate surface area is 198 Å². The number of aryl methyl sites for hydroxylation is 1. The number of aromatic nitrogens is 3. The van der Waals surface area contributed by atoms with Crippen molar-refractivity contribution in [1.82, 2.24) is 14.8 Å². The van der Waals surface area contributed by atoms with Gasteiger partial charge in [-0.15, -0.1) is 5.10 Å². The van der Waals surface area contributed by atoms with Crippen LogP contribution >= 0.6 is 11.8 Å². The van der Waals surface area contributed by atoms with Crippen LogP contribution in [-0.4, -0.2) is 26.3 Å². The second kappa shape index (κ2) is 9.43. The van der Waals surface area contributed by atoms with Gasteiger partial charge in [0, 0.05) is 23.4 Å². The Morgan fingerprint density at radius 1 is 1.18 bits per heavy atom. The first-order chi connectivity index (χ1) is 16.1. The number of anilines is 1. The van der Waals surface area contributed by atoms with E-state index >= 15 is 0 Å². The Morgan fingerprint density at radius 2 is 2.06 bits per heavy atom. The molecule has 2 aliphatic rings. The van der Waals surface area contributed by atoms with Crippen LogP contribution in [-0.2, 0) is 11.4 Å². The van der Waals surface area contributed by atoms with Crippen molar-refractivity contribution in [2.24, 2.45) is 0 Å². The molecule has 0 bridgehead atoms. The average Bonchev–Trinajstić information content (AvgIpc) is 3.23. The van der Waals surface area contributed by atoms with Crippen LogP contribution in [0.25, 0.3) is 0 Å². The summed E-state index contributed by atoms with van der Waals surface area (Å²) >= 11 is 1.64. The fraction of sp³-hybridized carbons (Fsp3) is 0.346. The normalized spacial score (nSPS) is 17.4. The average molecular weight is 461 g/mol. The number of ether oxygens (including phenoxy) is 1. The molecule has 0 spiro atoms. The molecule has 5 rings (SSSR count). The summed E-state index contributed by atoms with van der Waals surface area (Å²) in [6.45, 7) is 4.74. The Hall–Kier alpha value is -3.06. The summed E-state index contributed by atoms with van der Waals surface area (Å²) in [5.41, 5.74) is 5.14. The van der Waals surface area contributed by atoms with Crippen molar-refractivity contribution in [2.75, 3.05) is 11.1 Å². The smallest absolute Gasteiger partial charge is 0.227 e. The van der Waals surface area contributed by atoms with Crippen molar-refractivity contribution in [3.8, 4) is 5.75 Å². The SMILES string of the molecule is CCCSc1nc2n(n1)C(c1cccc(OCc3ccccc3C)c1)C1=C(CCCC1=O)N2. The molecule has 1 unspecified atom stereocenters. The van der Waals surface area contributed by atoms with E-state index in [9.17, 15) is 4.79 Å². The number of ketones is 1. The van der Waals surface area contributed by atoms with Gasteiger partial charge in [0.1, 0.15) is 18.4 Å². The number of Topliss-reactive ketones (excluding diaryl/α,β-unsaturated/α-hetero) is 1. The number of hydrogen-bond acceptors (Lipinski definition) is 6. The molecule has 0 saturated carbocycles. The van der Waals surface area contributed by atoms with E-state index in [1.165, 1.54) is 5.56 Å². The number of hydrogen-bond donors (Lipinski definition) is 1. The van der Waals surface area contributed by atoms with E-state index < -0.39 is 0 Å². The minimum Gasteiger partial charge on any atom is -0.489 e. The fourth-order valence-electron chi connectivity index (χ4n) is 4.41. The van der Waals surface area contributed by atoms with E-state index in [1.54, 1.807) is 11.8 Å². The molecule has 0 radical (unpaired) electrons. The Balaban J connectivity index is 1.49. The van der Waals surface area contributed by atoms with Gasteiger partial charge in [-0.25, -0.2) is 4.68 Å². The standard InChI is InChI=1S/C26H28N4O2S/c1-3-14-33-26-28-25-27-21-12-7-13-22(31)23(21)24(30(25)29-26)18-10-6-11-20(15-18)32-16-19-9-5-4-8-17(19)2/h4-6,8-11,15,24H,3,7,12-14,16H2,1-2H3,(H,27,28,29). The number of carbonyl (C=O) groups is 1. The van der Waals surface area contributed by atoms with Gasteiger partial charge in [-0.1, -0.05) is 55.1 Å². The maximum absolute atomic E-state index is 13.0. The number of allylic oxidation sites excluding steroid dienone is 2. The summed E-state index contributed by atoms with van der Waals surface area (Å²) in [5.74, 6) is 2.63. The molecule has 0 fully saturated rings. The quantitative estimate of drug-likeness (QED) is 0.457. The van der Waals surface area contributed by atoms with Crippen LogP contribution in [0.1, 0.15) is 55.3 Å². The molecule has 0 saturated heterocycles. The minimum atomic E-state index is -0.297. The molecule has 1 N–H and O–H groups in total. The zero-order valence-corrected chi connectivity index (χ0v) is 19.8. The van der Waals surface area contributed by atoms with E-state index in [0.29, 0.717) is 19.0 Å². The van der Waals surface area contributed by atoms with Gasteiger partial charge in [-0.2, -0.15) is 4.98 Å². The molecule has 3 aromatic rings. The predicted octanol–water partition coefficient (Wildman–Crippen LogP) is 5.69. The number of thioether (sulfide) groups is 1. The lowest BCUT2D eigenvalue weighted by molar-refractivity contribution is -0.116. The number of nitrogens with one attached hydrogen (secondary N) is 1. The number of rotatable bonds is 7. The van der Waals surface area contributed by atoms with Crippen LogP contribution in [0.3, 0.4) is 0 Å². The number of nitrogens with zero attached hydrogens (tertiary/aromatic N) is 3. The molecular formula is C26H28N4O2S. The van der Waals surface area contributed by atoms with Gasteiger partial charge in [-0.3, -0.25) is 4.79 Å². The third kappa shape index (κ3) is 4.42. The zero-order chi connectivity index (χ0) is 22.8. The summed E-state index contributed by atoms with van der Waals surface area (Å²) in [6, 6.07) is 16.0. The summed E-state index contributed by atoms with van der Waals surface area (Å²) in [4.78, 5) is 17.8. The van der Waals surface area contributed by atoms with Crippen LogP contribution in [0.15, 0.2) is 65.0 Å². The largest absolute Gasteiger partial charge is 0.489 e. The van der Waals surface area contributed by atoms with Gasteiger partial charge in [0.15, 0.2) is 5.78 Å². The minimum absolute atomic E-state index is 0.184. The molecule has 2 aromatic carbocycles.